The molecule has 0 fully saturated rings. The Morgan fingerprint density at radius 3 is 2.50 bits per heavy atom. The van der Waals surface area contributed by atoms with E-state index in [0.717, 1.165) is 0 Å². The average molecular weight is 86.2 g/mol. The van der Waals surface area contributed by atoms with Gasteiger partial charge in [-0.1, -0.05) is 25.8 Å². The van der Waals surface area contributed by atoms with Crippen LogP contribution in [0.1, 0.15) is 26.2 Å². The first-order chi connectivity index (χ1) is 2.91. The number of rotatable bonds is 3. The summed E-state index contributed by atoms with van der Waals surface area (Å²) in [6.07, 6.45) is 5.72. The Morgan fingerprint density at radius 2 is 2.33 bits per heavy atom. The summed E-state index contributed by atoms with van der Waals surface area (Å²) < 4.78 is 0. The highest BCUT2D eigenvalue weighted by atomic mass is 14.3. The van der Waals surface area contributed by atoms with Crippen molar-refractivity contribution in [2.24, 2.45) is 0 Å². The van der Waals surface area contributed by atoms with Crippen LogP contribution in [0.5, 0.6) is 0 Å². The number of allylic oxidation sites excluding steroid dienone is 1. The molecule has 0 radical (unpaired) electrons. The molecular formula is C6H12. The van der Waals surface area contributed by atoms with Gasteiger partial charge in [-0.05, 0) is 6.42 Å². The minimum atomic E-state index is 1.18. The molecule has 0 rings (SSSR count). The Balaban J connectivity index is 2.49. The summed E-state index contributed by atoms with van der Waals surface area (Å²) in [6.45, 7) is 5.78. The van der Waals surface area contributed by atoms with Crippen molar-refractivity contribution in [2.75, 3.05) is 0 Å². The molecule has 0 aliphatic carbocycles. The third kappa shape index (κ3) is 3.74. The van der Waals surface area contributed by atoms with Gasteiger partial charge in [0.1, 0.15) is 0 Å². The second-order valence-corrected chi connectivity index (χ2v) is 1.43. The van der Waals surface area contributed by atoms with Crippen LogP contribution in [-0.4, -0.2) is 0 Å². The van der Waals surface area contributed by atoms with E-state index in [4.69, 9.17) is 0 Å². The molecule has 0 aromatic heterocycles. The van der Waals surface area contributed by atoms with E-state index >= 15 is 0 Å². The van der Waals surface area contributed by atoms with Crippen molar-refractivity contribution >= 4 is 0 Å². The fraction of sp³-hybridized carbons (Fsp3) is 0.667. The summed E-state index contributed by atoms with van der Waals surface area (Å²) in [5, 5.41) is 0. The molecule has 36 valence electrons. The third-order valence-electron chi connectivity index (χ3n) is 0.762. The third-order valence-corrected chi connectivity index (χ3v) is 0.762. The van der Waals surface area contributed by atoms with Crippen LogP contribution >= 0.6 is 0 Å². The molecule has 0 aromatic rings. The van der Waals surface area contributed by atoms with Gasteiger partial charge in [0.15, 0.2) is 0 Å². The quantitative estimate of drug-likeness (QED) is 0.365. The lowest BCUT2D eigenvalue weighted by Gasteiger charge is -1.81. The van der Waals surface area contributed by atoms with E-state index < -0.39 is 0 Å². The van der Waals surface area contributed by atoms with Crippen LogP contribution in [0, 0.1) is 0 Å². The standard InChI is InChI=1S/C6H12/c1-3-5-6-4-2/h3H,1,4-6H2,2H3/i1+2. The zero-order valence-corrected chi connectivity index (χ0v) is 4.41. The molecule has 0 saturated heterocycles. The number of unbranched alkanes of at least 4 members (excludes halogenated alkanes) is 2. The summed E-state index contributed by atoms with van der Waals surface area (Å²) in [5.41, 5.74) is 0. The van der Waals surface area contributed by atoms with Crippen LogP contribution < -0.4 is 0 Å². The number of hydrogen-bond donors (Lipinski definition) is 0. The topological polar surface area (TPSA) is 0 Å². The highest BCUT2D eigenvalue weighted by molar-refractivity contribution is 4.64. The van der Waals surface area contributed by atoms with Crippen LogP contribution in [0.15, 0.2) is 12.7 Å². The first-order valence-corrected chi connectivity index (χ1v) is 2.52. The Labute approximate surface area is 39.9 Å². The second kappa shape index (κ2) is 4.74. The molecule has 0 bridgehead atoms. The van der Waals surface area contributed by atoms with Gasteiger partial charge in [-0.15, -0.1) is 6.58 Å². The van der Waals surface area contributed by atoms with Crippen molar-refractivity contribution in [1.29, 1.82) is 0 Å². The molecule has 0 unspecified atom stereocenters. The van der Waals surface area contributed by atoms with E-state index in [1.807, 2.05) is 6.08 Å². The maximum Gasteiger partial charge on any atom is -0.0354 e. The SMILES string of the molecule is CCCCC=[14CH2]. The lowest BCUT2D eigenvalue weighted by atomic mass is 10.3. The largest absolute Gasteiger partial charge is 0.103 e. The Bertz CT molecular complexity index is 29.0. The van der Waals surface area contributed by atoms with Crippen LogP contribution in [0.3, 0.4) is 0 Å². The Morgan fingerprint density at radius 1 is 1.67 bits per heavy atom. The van der Waals surface area contributed by atoms with E-state index in [2.05, 4.69) is 13.5 Å². The summed E-state index contributed by atoms with van der Waals surface area (Å²) in [4.78, 5) is 0. The normalized spacial score (nSPS) is 8.17. The molecule has 0 heteroatoms. The molecule has 6 heavy (non-hydrogen) atoms. The Kier molecular flexibility index (Phi) is 4.53. The highest BCUT2D eigenvalue weighted by Crippen LogP contribution is 1.91. The first kappa shape index (κ1) is 5.74. The van der Waals surface area contributed by atoms with Gasteiger partial charge in [-0.3, -0.25) is 0 Å². The van der Waals surface area contributed by atoms with Gasteiger partial charge < -0.3 is 0 Å². The van der Waals surface area contributed by atoms with E-state index in [1.165, 1.54) is 19.3 Å². The molecule has 0 aliphatic rings. The first-order valence-electron chi connectivity index (χ1n) is 2.52. The lowest BCUT2D eigenvalue weighted by Crippen LogP contribution is -1.61. The molecular weight excluding hydrogens is 74.1 g/mol. The fourth-order valence-corrected chi connectivity index (χ4v) is 0.348. The minimum absolute atomic E-state index is 1.18. The van der Waals surface area contributed by atoms with Gasteiger partial charge in [0.05, 0.1) is 0 Å². The molecule has 0 amide bonds. The van der Waals surface area contributed by atoms with Crippen LogP contribution in [0.25, 0.3) is 0 Å². The summed E-state index contributed by atoms with van der Waals surface area (Å²) in [7, 11) is 0. The lowest BCUT2D eigenvalue weighted by molar-refractivity contribution is 0.816. The highest BCUT2D eigenvalue weighted by Gasteiger charge is 1.71. The van der Waals surface area contributed by atoms with E-state index in [1.54, 1.807) is 0 Å². The molecule has 0 heterocycles. The molecule has 0 aromatic carbocycles. The average Bonchev–Trinajstić information content (AvgIpc) is 1.61. The smallest absolute Gasteiger partial charge is 0.0354 e. The van der Waals surface area contributed by atoms with E-state index in [9.17, 15) is 0 Å². The molecule has 0 nitrogen and oxygen atoms in total. The minimum Gasteiger partial charge on any atom is -0.103 e. The maximum atomic E-state index is 3.60. The van der Waals surface area contributed by atoms with E-state index in [-0.39, 0.29) is 0 Å². The predicted octanol–water partition coefficient (Wildman–Crippen LogP) is 2.36. The molecule has 0 saturated carbocycles. The number of hydrogen-bond acceptors (Lipinski definition) is 0. The van der Waals surface area contributed by atoms with Gasteiger partial charge in [-0.2, -0.15) is 0 Å². The Hall–Kier alpha value is -0.260. The van der Waals surface area contributed by atoms with Crippen molar-refractivity contribution in [3.63, 3.8) is 0 Å². The van der Waals surface area contributed by atoms with Crippen molar-refractivity contribution in [2.45, 2.75) is 26.2 Å². The van der Waals surface area contributed by atoms with Gasteiger partial charge in [0.2, 0.25) is 0 Å². The van der Waals surface area contributed by atoms with Gasteiger partial charge in [0, 0.05) is 0 Å². The van der Waals surface area contributed by atoms with Crippen LogP contribution in [0.4, 0.5) is 0 Å². The van der Waals surface area contributed by atoms with Gasteiger partial charge in [0.25, 0.3) is 0 Å². The van der Waals surface area contributed by atoms with Crippen LogP contribution in [-0.2, 0) is 0 Å². The monoisotopic (exact) mass is 86.1 g/mol. The molecule has 0 aliphatic heterocycles. The van der Waals surface area contributed by atoms with Gasteiger partial charge in [-0.25, -0.2) is 0 Å². The van der Waals surface area contributed by atoms with Gasteiger partial charge >= 0.3 is 0 Å². The molecule has 0 spiro atoms. The van der Waals surface area contributed by atoms with Crippen molar-refractivity contribution in [1.82, 2.24) is 0 Å². The van der Waals surface area contributed by atoms with Crippen molar-refractivity contribution in [3.05, 3.63) is 12.7 Å². The molecule has 0 N–H and O–H groups in total. The fourth-order valence-electron chi connectivity index (χ4n) is 0.348. The zero-order valence-electron chi connectivity index (χ0n) is 4.41. The van der Waals surface area contributed by atoms with Crippen molar-refractivity contribution in [3.8, 4) is 0 Å². The predicted molar refractivity (Wildman–Crippen MR) is 29.7 cm³/mol. The van der Waals surface area contributed by atoms with Crippen LogP contribution in [0.2, 0.25) is 0 Å². The summed E-state index contributed by atoms with van der Waals surface area (Å²) in [5.74, 6) is 0. The summed E-state index contributed by atoms with van der Waals surface area (Å²) in [6, 6.07) is 0. The molecule has 0 atom stereocenters. The maximum absolute atomic E-state index is 3.60. The zero-order chi connectivity index (χ0) is 4.83. The van der Waals surface area contributed by atoms with Crippen molar-refractivity contribution < 1.29 is 0 Å². The second-order valence-electron chi connectivity index (χ2n) is 1.43. The van der Waals surface area contributed by atoms with E-state index in [0.29, 0.717) is 0 Å². The summed E-state index contributed by atoms with van der Waals surface area (Å²) >= 11 is 0.